The van der Waals surface area contributed by atoms with E-state index in [4.69, 9.17) is 11.6 Å². The second kappa shape index (κ2) is 8.24. The Morgan fingerprint density at radius 1 is 0.969 bits per heavy atom. The van der Waals surface area contributed by atoms with E-state index < -0.39 is 23.2 Å². The van der Waals surface area contributed by atoms with Crippen LogP contribution in [0.1, 0.15) is 52.7 Å². The van der Waals surface area contributed by atoms with Gasteiger partial charge in [0, 0.05) is 5.69 Å². The molecular weight excluding hydrogens is 446 g/mol. The number of pyridine rings is 1. The van der Waals surface area contributed by atoms with E-state index in [0.29, 0.717) is 10.6 Å². The van der Waals surface area contributed by atoms with Crippen LogP contribution in [0.4, 0.5) is 11.4 Å². The molecule has 32 heavy (non-hydrogen) atoms. The van der Waals surface area contributed by atoms with Crippen LogP contribution in [-0.4, -0.2) is 21.4 Å². The fraction of sp³-hybridized carbons (Fsp3) is 0.208. The number of hydrogen-bond acceptors (Lipinski definition) is 5. The minimum Gasteiger partial charge on any atom is -0.588 e. The third-order valence-corrected chi connectivity index (χ3v) is 6.70. The summed E-state index contributed by atoms with van der Waals surface area (Å²) in [6, 6.07) is 13.9. The van der Waals surface area contributed by atoms with Crippen LogP contribution < -0.4 is 9.62 Å². The Kier molecular flexibility index (Phi) is 5.75. The zero-order valence-corrected chi connectivity index (χ0v) is 19.7. The number of hydrogen-bond donors (Lipinski definition) is 1. The minimum atomic E-state index is -1.64. The minimum absolute atomic E-state index is 0.0223. The van der Waals surface area contributed by atoms with Crippen molar-refractivity contribution in [2.45, 2.75) is 38.0 Å². The van der Waals surface area contributed by atoms with Gasteiger partial charge in [0.1, 0.15) is 11.4 Å². The lowest BCUT2D eigenvalue weighted by molar-refractivity contribution is 0.0926. The van der Waals surface area contributed by atoms with E-state index >= 15 is 0 Å². The molecule has 1 atom stereocenters. The molecule has 164 valence electrons. The number of amides is 2. The predicted octanol–water partition coefficient (Wildman–Crippen LogP) is 5.28. The number of imide groups is 1. The van der Waals surface area contributed by atoms with E-state index in [1.54, 1.807) is 30.3 Å². The number of nitrogens with zero attached hydrogens (tertiary/aromatic N) is 2. The van der Waals surface area contributed by atoms with Crippen molar-refractivity contribution in [2.24, 2.45) is 0 Å². The number of anilines is 2. The van der Waals surface area contributed by atoms with Crippen molar-refractivity contribution in [1.82, 2.24) is 4.98 Å². The topological polar surface area (TPSA) is 85.4 Å². The maximum absolute atomic E-state index is 13.2. The molecule has 0 radical (unpaired) electrons. The number of carbonyl (C=O) groups excluding carboxylic acids is 2. The van der Waals surface area contributed by atoms with Crippen molar-refractivity contribution in [2.75, 3.05) is 9.62 Å². The number of nitrogens with one attached hydrogen (secondary N) is 1. The van der Waals surface area contributed by atoms with Gasteiger partial charge in [0.15, 0.2) is 4.90 Å². The number of rotatable bonds is 4. The van der Waals surface area contributed by atoms with E-state index in [0.717, 1.165) is 16.2 Å². The van der Waals surface area contributed by atoms with Gasteiger partial charge >= 0.3 is 0 Å². The highest BCUT2D eigenvalue weighted by Gasteiger charge is 2.41. The Labute approximate surface area is 194 Å². The van der Waals surface area contributed by atoms with Crippen molar-refractivity contribution >= 4 is 46.2 Å². The van der Waals surface area contributed by atoms with Crippen LogP contribution in [0.5, 0.6) is 0 Å². The Hall–Kier alpha value is -2.87. The predicted molar refractivity (Wildman–Crippen MR) is 127 cm³/mol. The van der Waals surface area contributed by atoms with Crippen LogP contribution in [0.3, 0.4) is 0 Å². The monoisotopic (exact) mass is 467 g/mol. The third-order valence-electron chi connectivity index (χ3n) is 5.28. The molecule has 0 aliphatic carbocycles. The molecule has 0 bridgehead atoms. The molecule has 1 N–H and O–H groups in total. The summed E-state index contributed by atoms with van der Waals surface area (Å²) in [5.41, 5.74) is 2.68. The molecule has 0 spiro atoms. The molecule has 1 aliphatic heterocycles. The molecule has 0 saturated carbocycles. The normalized spacial score (nSPS) is 14.5. The van der Waals surface area contributed by atoms with Crippen LogP contribution in [0.25, 0.3) is 0 Å². The van der Waals surface area contributed by atoms with E-state index in [2.05, 4.69) is 30.5 Å². The molecule has 4 rings (SSSR count). The molecule has 3 aromatic rings. The molecular formula is C24H22ClN3O3S. The van der Waals surface area contributed by atoms with Crippen molar-refractivity contribution < 1.29 is 14.1 Å². The quantitative estimate of drug-likeness (QED) is 0.417. The van der Waals surface area contributed by atoms with Gasteiger partial charge in [0.25, 0.3) is 11.8 Å². The number of aromatic nitrogens is 1. The second-order valence-electron chi connectivity index (χ2n) is 8.59. The molecule has 0 fully saturated rings. The summed E-state index contributed by atoms with van der Waals surface area (Å²) in [7, 11) is 0. The molecule has 2 amide bonds. The summed E-state index contributed by atoms with van der Waals surface area (Å²) in [6.45, 7) is 8.12. The first-order chi connectivity index (χ1) is 15.1. The number of aryl methyl sites for hydroxylation is 1. The van der Waals surface area contributed by atoms with Gasteiger partial charge < -0.3 is 4.55 Å². The summed E-state index contributed by atoms with van der Waals surface area (Å²) in [4.78, 5) is 32.0. The fourth-order valence-electron chi connectivity index (χ4n) is 3.47. The van der Waals surface area contributed by atoms with Gasteiger partial charge in [-0.25, -0.2) is 9.62 Å². The SMILES string of the molecule is Cc1ccc(N2C(=O)c3c(Cl)ccc(N[S+]([O-])c4ccc(C(C)(C)C)cc4)c3C2=O)cn1. The van der Waals surface area contributed by atoms with Crippen LogP contribution >= 0.6 is 11.6 Å². The standard InChI is InChI=1S/C24H22ClN3O3S/c1-14-5-8-16(13-26-14)28-22(29)20-18(25)11-12-19(21(20)23(28)30)27-32(31)17-9-6-15(7-10-17)24(2,3)4/h5-13,27H,1-4H3. The van der Waals surface area contributed by atoms with Crippen LogP contribution in [0, 0.1) is 6.92 Å². The Balaban J connectivity index is 1.67. The summed E-state index contributed by atoms with van der Waals surface area (Å²) < 4.78 is 15.9. The van der Waals surface area contributed by atoms with Crippen molar-refractivity contribution in [3.63, 3.8) is 0 Å². The summed E-state index contributed by atoms with van der Waals surface area (Å²) in [5.74, 6) is -1.08. The molecule has 1 unspecified atom stereocenters. The number of halogens is 1. The van der Waals surface area contributed by atoms with Crippen molar-refractivity contribution in [3.05, 3.63) is 82.1 Å². The molecule has 1 aromatic heterocycles. The van der Waals surface area contributed by atoms with Gasteiger partial charge in [-0.05, 0) is 54.3 Å². The summed E-state index contributed by atoms with van der Waals surface area (Å²) in [5, 5.41) is 0.159. The number of carbonyl (C=O) groups is 2. The lowest BCUT2D eigenvalue weighted by atomic mass is 9.87. The molecule has 2 aromatic carbocycles. The fourth-order valence-corrected chi connectivity index (χ4v) is 4.58. The third kappa shape index (κ3) is 3.99. The van der Waals surface area contributed by atoms with E-state index in [-0.39, 0.29) is 27.3 Å². The first kappa shape index (κ1) is 22.3. The van der Waals surface area contributed by atoms with Gasteiger partial charge in [-0.1, -0.05) is 44.5 Å². The summed E-state index contributed by atoms with van der Waals surface area (Å²) in [6.07, 6.45) is 1.47. The number of benzene rings is 2. The molecule has 0 saturated heterocycles. The van der Waals surface area contributed by atoms with Crippen LogP contribution in [0.15, 0.2) is 59.6 Å². The highest BCUT2D eigenvalue weighted by atomic mass is 35.5. The van der Waals surface area contributed by atoms with Gasteiger partial charge in [-0.15, -0.1) is 0 Å². The van der Waals surface area contributed by atoms with Crippen LogP contribution in [-0.2, 0) is 16.8 Å². The maximum Gasteiger partial charge on any atom is 0.268 e. The molecule has 6 nitrogen and oxygen atoms in total. The first-order valence-corrected chi connectivity index (χ1v) is 11.5. The largest absolute Gasteiger partial charge is 0.588 e. The highest BCUT2D eigenvalue weighted by Crippen LogP contribution is 2.37. The first-order valence-electron chi connectivity index (χ1n) is 10.0. The zero-order valence-electron chi connectivity index (χ0n) is 18.1. The lowest BCUT2D eigenvalue weighted by Gasteiger charge is -2.19. The van der Waals surface area contributed by atoms with E-state index in [9.17, 15) is 14.1 Å². The van der Waals surface area contributed by atoms with Crippen molar-refractivity contribution in [3.8, 4) is 0 Å². The average molecular weight is 468 g/mol. The van der Waals surface area contributed by atoms with E-state index in [1.165, 1.54) is 12.3 Å². The average Bonchev–Trinajstić information content (AvgIpc) is 3.01. The Morgan fingerprint density at radius 2 is 1.62 bits per heavy atom. The maximum atomic E-state index is 13.2. The van der Waals surface area contributed by atoms with Gasteiger partial charge in [0.2, 0.25) is 0 Å². The number of fused-ring (bicyclic) bond motifs is 1. The highest BCUT2D eigenvalue weighted by molar-refractivity contribution is 7.92. The smallest absolute Gasteiger partial charge is 0.268 e. The van der Waals surface area contributed by atoms with Crippen LogP contribution in [0.2, 0.25) is 5.02 Å². The Morgan fingerprint density at radius 3 is 2.22 bits per heavy atom. The zero-order chi connectivity index (χ0) is 23.2. The Bertz CT molecular complexity index is 1200. The molecule has 8 heteroatoms. The lowest BCUT2D eigenvalue weighted by Crippen LogP contribution is -2.29. The van der Waals surface area contributed by atoms with Crippen molar-refractivity contribution in [1.29, 1.82) is 0 Å². The van der Waals surface area contributed by atoms with Gasteiger partial charge in [-0.2, -0.15) is 0 Å². The second-order valence-corrected chi connectivity index (χ2v) is 10.2. The molecule has 2 heterocycles. The summed E-state index contributed by atoms with van der Waals surface area (Å²) >= 11 is 4.63. The van der Waals surface area contributed by atoms with E-state index in [1.807, 2.05) is 19.1 Å². The van der Waals surface area contributed by atoms with Gasteiger partial charge in [-0.3, -0.25) is 14.6 Å². The van der Waals surface area contributed by atoms with Gasteiger partial charge in [0.05, 0.1) is 33.7 Å². The molecule has 1 aliphatic rings.